The number of nitrogens with zero attached hydrogens (tertiary/aromatic N) is 6. The Kier molecular flexibility index (Phi) is 5.09. The Hall–Kier alpha value is -2.80. The minimum Gasteiger partial charge on any atom is -0.297 e. The third-order valence-corrected chi connectivity index (χ3v) is 5.10. The van der Waals surface area contributed by atoms with Gasteiger partial charge in [-0.2, -0.15) is 9.61 Å². The maximum atomic E-state index is 12.8. The molecule has 0 N–H and O–H groups in total. The molecule has 4 rings (SSSR count). The fourth-order valence-corrected chi connectivity index (χ4v) is 3.48. The van der Waals surface area contributed by atoms with Gasteiger partial charge in [-0.1, -0.05) is 50.4 Å². The minimum absolute atomic E-state index is 0.183. The second kappa shape index (κ2) is 7.67. The number of fused-ring (bicyclic) bond motifs is 3. The van der Waals surface area contributed by atoms with Crippen LogP contribution < -0.4 is 5.56 Å². The molecule has 0 unspecified atom stereocenters. The Bertz CT molecular complexity index is 1200. The monoisotopic (exact) mass is 396 g/mol. The molecule has 4 aromatic rings. The predicted molar refractivity (Wildman–Crippen MR) is 110 cm³/mol. The van der Waals surface area contributed by atoms with Gasteiger partial charge in [0.25, 0.3) is 5.56 Å². The van der Waals surface area contributed by atoms with Gasteiger partial charge in [0.05, 0.1) is 11.3 Å². The van der Waals surface area contributed by atoms with Crippen molar-refractivity contribution in [3.05, 3.63) is 51.7 Å². The molecule has 0 aliphatic heterocycles. The smallest absolute Gasteiger partial charge is 0.283 e. The summed E-state index contributed by atoms with van der Waals surface area (Å²) in [5.74, 6) is 0. The molecule has 0 bridgehead atoms. The SMILES string of the molecule is CCCCCn1cnc2c(nnc3c(-c4ccc(Cl)cc4)c(CC)nn32)c1=O. The van der Waals surface area contributed by atoms with Crippen LogP contribution >= 0.6 is 11.6 Å². The molecule has 7 nitrogen and oxygen atoms in total. The molecular formula is C20H21ClN6O. The molecule has 0 spiro atoms. The molecule has 3 aromatic heterocycles. The molecule has 0 radical (unpaired) electrons. The van der Waals surface area contributed by atoms with Crippen LogP contribution in [-0.4, -0.2) is 29.4 Å². The van der Waals surface area contributed by atoms with Crippen LogP contribution in [0.15, 0.2) is 35.4 Å². The van der Waals surface area contributed by atoms with Crippen molar-refractivity contribution < 1.29 is 0 Å². The molecule has 8 heteroatoms. The largest absolute Gasteiger partial charge is 0.297 e. The first-order valence-electron chi connectivity index (χ1n) is 9.53. The van der Waals surface area contributed by atoms with Crippen LogP contribution in [0.2, 0.25) is 5.02 Å². The highest BCUT2D eigenvalue weighted by atomic mass is 35.5. The molecule has 144 valence electrons. The van der Waals surface area contributed by atoms with Crippen LogP contribution in [0.5, 0.6) is 0 Å². The van der Waals surface area contributed by atoms with Crippen molar-refractivity contribution in [3.63, 3.8) is 0 Å². The number of hydrogen-bond acceptors (Lipinski definition) is 5. The third-order valence-electron chi connectivity index (χ3n) is 4.84. The van der Waals surface area contributed by atoms with Gasteiger partial charge in [0.15, 0.2) is 16.8 Å². The summed E-state index contributed by atoms with van der Waals surface area (Å²) in [6.45, 7) is 4.79. The van der Waals surface area contributed by atoms with Gasteiger partial charge < -0.3 is 0 Å². The Balaban J connectivity index is 1.90. The van der Waals surface area contributed by atoms with E-state index in [1.165, 1.54) is 0 Å². The molecule has 0 saturated carbocycles. The molecule has 3 heterocycles. The third kappa shape index (κ3) is 3.16. The van der Waals surface area contributed by atoms with Gasteiger partial charge in [0, 0.05) is 11.6 Å². The second-order valence-corrected chi connectivity index (χ2v) is 7.18. The molecule has 1 aromatic carbocycles. The number of rotatable bonds is 6. The first-order valence-corrected chi connectivity index (χ1v) is 9.91. The lowest BCUT2D eigenvalue weighted by atomic mass is 10.0. The highest BCUT2D eigenvalue weighted by Crippen LogP contribution is 2.29. The van der Waals surface area contributed by atoms with Gasteiger partial charge in [-0.25, -0.2) is 4.98 Å². The van der Waals surface area contributed by atoms with Gasteiger partial charge >= 0.3 is 0 Å². The van der Waals surface area contributed by atoms with E-state index in [0.717, 1.165) is 42.5 Å². The maximum absolute atomic E-state index is 12.8. The van der Waals surface area contributed by atoms with E-state index in [-0.39, 0.29) is 11.1 Å². The predicted octanol–water partition coefficient (Wildman–Crippen LogP) is 3.91. The highest BCUT2D eigenvalue weighted by Gasteiger charge is 2.19. The van der Waals surface area contributed by atoms with Crippen LogP contribution in [0.25, 0.3) is 27.9 Å². The average Bonchev–Trinajstić information content (AvgIpc) is 3.09. The normalized spacial score (nSPS) is 11.5. The molecule has 0 atom stereocenters. The van der Waals surface area contributed by atoms with Gasteiger partial charge in [-0.05, 0) is 30.5 Å². The van der Waals surface area contributed by atoms with Gasteiger partial charge in [0.1, 0.15) is 6.33 Å². The van der Waals surface area contributed by atoms with Crippen LogP contribution in [-0.2, 0) is 13.0 Å². The van der Waals surface area contributed by atoms with E-state index in [9.17, 15) is 4.79 Å². The lowest BCUT2D eigenvalue weighted by molar-refractivity contribution is 0.582. The zero-order valence-corrected chi connectivity index (χ0v) is 16.6. The number of unbranched alkanes of at least 4 members (excludes halogenated alkanes) is 2. The van der Waals surface area contributed by atoms with Crippen molar-refractivity contribution in [2.24, 2.45) is 0 Å². The Morgan fingerprint density at radius 2 is 1.82 bits per heavy atom. The molecule has 0 aliphatic rings. The van der Waals surface area contributed by atoms with Crippen molar-refractivity contribution >= 4 is 28.4 Å². The van der Waals surface area contributed by atoms with E-state index >= 15 is 0 Å². The molecular weight excluding hydrogens is 376 g/mol. The summed E-state index contributed by atoms with van der Waals surface area (Å²) in [5, 5.41) is 13.9. The lowest BCUT2D eigenvalue weighted by Crippen LogP contribution is -2.23. The standard InChI is InChI=1S/C20H21ClN6O/c1-3-5-6-11-26-12-22-19-17(20(26)28)23-24-18-16(15(4-2)25-27(18)19)13-7-9-14(21)10-8-13/h7-10,12H,3-6,11H2,1-2H3. The molecule has 0 fully saturated rings. The minimum atomic E-state index is -0.183. The maximum Gasteiger partial charge on any atom is 0.283 e. The van der Waals surface area contributed by atoms with Crippen LogP contribution in [0.4, 0.5) is 0 Å². The zero-order valence-electron chi connectivity index (χ0n) is 15.9. The fraction of sp³-hybridized carbons (Fsp3) is 0.350. The van der Waals surface area contributed by atoms with Crippen molar-refractivity contribution in [1.29, 1.82) is 0 Å². The molecule has 0 amide bonds. The Labute approximate surface area is 167 Å². The van der Waals surface area contributed by atoms with E-state index in [4.69, 9.17) is 11.6 Å². The summed E-state index contributed by atoms with van der Waals surface area (Å²) < 4.78 is 3.23. The molecule has 0 saturated heterocycles. The Morgan fingerprint density at radius 1 is 1.04 bits per heavy atom. The van der Waals surface area contributed by atoms with Crippen molar-refractivity contribution in [2.45, 2.75) is 46.1 Å². The first kappa shape index (κ1) is 18.6. The summed E-state index contributed by atoms with van der Waals surface area (Å²) in [6, 6.07) is 7.54. The number of halogens is 1. The molecule has 28 heavy (non-hydrogen) atoms. The quantitative estimate of drug-likeness (QED) is 0.462. The summed E-state index contributed by atoms with van der Waals surface area (Å²) >= 11 is 6.02. The average molecular weight is 397 g/mol. The van der Waals surface area contributed by atoms with Crippen LogP contribution in [0.1, 0.15) is 38.8 Å². The highest BCUT2D eigenvalue weighted by molar-refractivity contribution is 6.30. The lowest BCUT2D eigenvalue weighted by Gasteiger charge is -2.06. The summed E-state index contributed by atoms with van der Waals surface area (Å²) in [5.41, 5.74) is 3.79. The van der Waals surface area contributed by atoms with E-state index < -0.39 is 0 Å². The fourth-order valence-electron chi connectivity index (χ4n) is 3.35. The van der Waals surface area contributed by atoms with E-state index in [1.807, 2.05) is 31.2 Å². The zero-order chi connectivity index (χ0) is 19.7. The Morgan fingerprint density at radius 3 is 2.54 bits per heavy atom. The number of aromatic nitrogens is 6. The van der Waals surface area contributed by atoms with Gasteiger partial charge in [-0.15, -0.1) is 10.2 Å². The summed E-state index contributed by atoms with van der Waals surface area (Å²) in [4.78, 5) is 17.3. The first-order chi connectivity index (χ1) is 13.6. The van der Waals surface area contributed by atoms with Crippen LogP contribution in [0.3, 0.4) is 0 Å². The number of hydrogen-bond donors (Lipinski definition) is 0. The number of benzene rings is 1. The van der Waals surface area contributed by atoms with Crippen LogP contribution in [0, 0.1) is 0 Å². The van der Waals surface area contributed by atoms with Gasteiger partial charge in [-0.3, -0.25) is 9.36 Å². The second-order valence-electron chi connectivity index (χ2n) is 6.74. The summed E-state index contributed by atoms with van der Waals surface area (Å²) in [7, 11) is 0. The van der Waals surface area contributed by atoms with Gasteiger partial charge in [0.2, 0.25) is 0 Å². The van der Waals surface area contributed by atoms with E-state index in [2.05, 4.69) is 27.2 Å². The van der Waals surface area contributed by atoms with Crippen molar-refractivity contribution in [2.75, 3.05) is 0 Å². The molecule has 0 aliphatic carbocycles. The van der Waals surface area contributed by atoms with Crippen molar-refractivity contribution in [3.8, 4) is 11.1 Å². The van der Waals surface area contributed by atoms with Crippen molar-refractivity contribution in [1.82, 2.24) is 29.4 Å². The number of aryl methyl sites for hydroxylation is 2. The topological polar surface area (TPSA) is 78.0 Å². The summed E-state index contributed by atoms with van der Waals surface area (Å²) in [6.07, 6.45) is 5.39. The van der Waals surface area contributed by atoms with E-state index in [0.29, 0.717) is 22.9 Å². The van der Waals surface area contributed by atoms with E-state index in [1.54, 1.807) is 15.4 Å².